The molecule has 2 heterocycles. The standard InChI is InChI=1S/C33H32FN3O5S/c1-3-7-25-18-24(19-28(41-2)31(25)42-22-23-10-12-26(34)13-11-23)20-29-32(39)37(33(40)43-29)21-30(38)36-16-14-35(15-17-36)27-8-5-4-6-9-27/h3-6,8-13,18-20H,1,7,14-17,21-22H2,2H3. The summed E-state index contributed by atoms with van der Waals surface area (Å²) in [6.07, 6.45) is 3.81. The molecule has 3 aromatic carbocycles. The molecule has 8 nitrogen and oxygen atoms in total. The molecule has 2 saturated heterocycles. The van der Waals surface area contributed by atoms with E-state index in [-0.39, 0.29) is 29.8 Å². The van der Waals surface area contributed by atoms with Crippen molar-refractivity contribution in [2.45, 2.75) is 13.0 Å². The number of para-hydroxylation sites is 1. The minimum absolute atomic E-state index is 0.203. The summed E-state index contributed by atoms with van der Waals surface area (Å²) in [6, 6.07) is 19.6. The van der Waals surface area contributed by atoms with E-state index in [9.17, 15) is 18.8 Å². The highest BCUT2D eigenvalue weighted by molar-refractivity contribution is 8.18. The maximum Gasteiger partial charge on any atom is 0.294 e. The summed E-state index contributed by atoms with van der Waals surface area (Å²) in [5, 5.41) is -0.481. The van der Waals surface area contributed by atoms with E-state index in [1.165, 1.54) is 19.2 Å². The van der Waals surface area contributed by atoms with Crippen molar-refractivity contribution < 1.29 is 28.2 Å². The number of hydrogen-bond donors (Lipinski definition) is 0. The number of hydrogen-bond acceptors (Lipinski definition) is 7. The zero-order valence-corrected chi connectivity index (χ0v) is 24.6. The highest BCUT2D eigenvalue weighted by Crippen LogP contribution is 2.37. The molecule has 0 N–H and O–H groups in total. The second kappa shape index (κ2) is 13.6. The number of rotatable bonds is 10. The average Bonchev–Trinajstić information content (AvgIpc) is 3.28. The third-order valence-corrected chi connectivity index (χ3v) is 8.16. The maximum atomic E-state index is 13.3. The Hall–Kier alpha value is -4.57. The topological polar surface area (TPSA) is 79.4 Å². The van der Waals surface area contributed by atoms with Crippen LogP contribution in [0.15, 0.2) is 84.3 Å². The van der Waals surface area contributed by atoms with Crippen molar-refractivity contribution in [3.05, 3.63) is 107 Å². The Kier molecular flexibility index (Phi) is 9.46. The minimum atomic E-state index is -0.507. The van der Waals surface area contributed by atoms with Crippen LogP contribution in [0, 0.1) is 5.82 Å². The van der Waals surface area contributed by atoms with Crippen LogP contribution >= 0.6 is 11.8 Å². The molecule has 0 unspecified atom stereocenters. The van der Waals surface area contributed by atoms with E-state index >= 15 is 0 Å². The van der Waals surface area contributed by atoms with E-state index in [4.69, 9.17) is 9.47 Å². The Labute approximate surface area is 254 Å². The smallest absolute Gasteiger partial charge is 0.294 e. The number of thioether (sulfide) groups is 1. The number of amides is 3. The number of methoxy groups -OCH3 is 1. The number of nitrogens with zero attached hydrogens (tertiary/aromatic N) is 3. The highest BCUT2D eigenvalue weighted by atomic mass is 32.2. The number of carbonyl (C=O) groups is 3. The van der Waals surface area contributed by atoms with Crippen molar-refractivity contribution in [3.8, 4) is 11.5 Å². The number of benzene rings is 3. The first-order chi connectivity index (χ1) is 20.9. The number of anilines is 1. The molecule has 3 aromatic rings. The van der Waals surface area contributed by atoms with Gasteiger partial charge in [0.1, 0.15) is 19.0 Å². The zero-order valence-electron chi connectivity index (χ0n) is 23.8. The van der Waals surface area contributed by atoms with E-state index in [0.29, 0.717) is 49.7 Å². The molecule has 0 radical (unpaired) electrons. The summed E-state index contributed by atoms with van der Waals surface area (Å²) in [7, 11) is 1.51. The number of halogens is 1. The molecule has 222 valence electrons. The van der Waals surface area contributed by atoms with Crippen molar-refractivity contribution in [3.63, 3.8) is 0 Å². The quantitative estimate of drug-likeness (QED) is 0.224. The van der Waals surface area contributed by atoms with Crippen molar-refractivity contribution in [1.82, 2.24) is 9.80 Å². The summed E-state index contributed by atoms with van der Waals surface area (Å²) >= 11 is 0.805. The van der Waals surface area contributed by atoms with Gasteiger partial charge in [0.2, 0.25) is 5.91 Å². The molecule has 5 rings (SSSR count). The van der Waals surface area contributed by atoms with Crippen LogP contribution < -0.4 is 14.4 Å². The van der Waals surface area contributed by atoms with E-state index < -0.39 is 11.1 Å². The van der Waals surface area contributed by atoms with Gasteiger partial charge in [-0.3, -0.25) is 19.3 Å². The predicted molar refractivity (Wildman–Crippen MR) is 166 cm³/mol. The molecule has 0 spiro atoms. The third-order valence-electron chi connectivity index (χ3n) is 7.25. The maximum absolute atomic E-state index is 13.3. The lowest BCUT2D eigenvalue weighted by Crippen LogP contribution is -2.51. The zero-order chi connectivity index (χ0) is 30.3. The van der Waals surface area contributed by atoms with E-state index in [1.807, 2.05) is 36.4 Å². The molecule has 10 heteroatoms. The summed E-state index contributed by atoms with van der Waals surface area (Å²) in [5.41, 5.74) is 3.30. The molecule has 2 fully saturated rings. The second-order valence-corrected chi connectivity index (χ2v) is 11.1. The third kappa shape index (κ3) is 7.09. The lowest BCUT2D eigenvalue weighted by molar-refractivity contribution is -0.136. The fraction of sp³-hybridized carbons (Fsp3) is 0.242. The minimum Gasteiger partial charge on any atom is -0.493 e. The second-order valence-electron chi connectivity index (χ2n) is 10.1. The summed E-state index contributed by atoms with van der Waals surface area (Å²) in [5.74, 6) is -0.138. The van der Waals surface area contributed by atoms with Crippen LogP contribution in [0.3, 0.4) is 0 Å². The normalized spacial score (nSPS) is 16.1. The Morgan fingerprint density at radius 1 is 1.02 bits per heavy atom. The van der Waals surface area contributed by atoms with Crippen molar-refractivity contribution in [2.75, 3.05) is 44.7 Å². The van der Waals surface area contributed by atoms with Crippen molar-refractivity contribution in [2.24, 2.45) is 0 Å². The SMILES string of the molecule is C=CCc1cc(C=C2SC(=O)N(CC(=O)N3CCN(c4ccccc4)CC3)C2=O)cc(OC)c1OCc1ccc(F)cc1. The van der Waals surface area contributed by atoms with Crippen LogP contribution in [-0.4, -0.2) is 66.7 Å². The molecule has 2 aliphatic rings. The van der Waals surface area contributed by atoms with Gasteiger partial charge >= 0.3 is 0 Å². The highest BCUT2D eigenvalue weighted by Gasteiger charge is 2.37. The Morgan fingerprint density at radius 2 is 1.74 bits per heavy atom. The number of ether oxygens (including phenoxy) is 2. The van der Waals surface area contributed by atoms with Crippen LogP contribution in [0.1, 0.15) is 16.7 Å². The van der Waals surface area contributed by atoms with Gasteiger partial charge in [0, 0.05) is 37.4 Å². The summed E-state index contributed by atoms with van der Waals surface area (Å²) < 4.78 is 24.9. The first kappa shape index (κ1) is 29.9. The number of carbonyl (C=O) groups excluding carboxylic acids is 3. The molecule has 0 bridgehead atoms. The van der Waals surface area contributed by atoms with Crippen LogP contribution in [0.25, 0.3) is 6.08 Å². The summed E-state index contributed by atoms with van der Waals surface area (Å²) in [4.78, 5) is 44.2. The number of allylic oxidation sites excluding steroid dienone is 1. The molecule has 43 heavy (non-hydrogen) atoms. The van der Waals surface area contributed by atoms with Gasteiger partial charge in [0.15, 0.2) is 11.5 Å². The molecule has 3 amide bonds. The van der Waals surface area contributed by atoms with Crippen LogP contribution in [0.2, 0.25) is 0 Å². The van der Waals surface area contributed by atoms with Gasteiger partial charge in [-0.25, -0.2) is 4.39 Å². The summed E-state index contributed by atoms with van der Waals surface area (Å²) in [6.45, 7) is 6.12. The monoisotopic (exact) mass is 601 g/mol. The Bertz CT molecular complexity index is 1540. The van der Waals surface area contributed by atoms with Crippen LogP contribution in [0.5, 0.6) is 11.5 Å². The van der Waals surface area contributed by atoms with Gasteiger partial charge in [-0.15, -0.1) is 6.58 Å². The van der Waals surface area contributed by atoms with Gasteiger partial charge in [-0.05, 0) is 71.8 Å². The Balaban J connectivity index is 1.26. The van der Waals surface area contributed by atoms with E-state index in [2.05, 4.69) is 11.5 Å². The average molecular weight is 602 g/mol. The lowest BCUT2D eigenvalue weighted by atomic mass is 10.0. The molecule has 0 atom stereocenters. The molecule has 2 aliphatic heterocycles. The van der Waals surface area contributed by atoms with Gasteiger partial charge in [0.25, 0.3) is 11.1 Å². The largest absolute Gasteiger partial charge is 0.493 e. The van der Waals surface area contributed by atoms with Gasteiger partial charge < -0.3 is 19.3 Å². The molecular weight excluding hydrogens is 569 g/mol. The molecule has 0 aliphatic carbocycles. The Morgan fingerprint density at radius 3 is 2.42 bits per heavy atom. The van der Waals surface area contributed by atoms with E-state index in [0.717, 1.165) is 33.5 Å². The first-order valence-electron chi connectivity index (χ1n) is 13.9. The predicted octanol–water partition coefficient (Wildman–Crippen LogP) is 5.53. The number of imide groups is 1. The van der Waals surface area contributed by atoms with Gasteiger partial charge in [-0.2, -0.15) is 0 Å². The van der Waals surface area contributed by atoms with Crippen LogP contribution in [0.4, 0.5) is 14.9 Å². The van der Waals surface area contributed by atoms with Crippen LogP contribution in [-0.2, 0) is 22.6 Å². The van der Waals surface area contributed by atoms with Crippen molar-refractivity contribution in [1.29, 1.82) is 0 Å². The van der Waals surface area contributed by atoms with E-state index in [1.54, 1.807) is 35.3 Å². The van der Waals surface area contributed by atoms with Crippen molar-refractivity contribution >= 4 is 40.6 Å². The van der Waals surface area contributed by atoms with Gasteiger partial charge in [-0.1, -0.05) is 36.4 Å². The molecule has 0 saturated carbocycles. The van der Waals surface area contributed by atoms with Gasteiger partial charge in [0.05, 0.1) is 12.0 Å². The number of piperazine rings is 1. The lowest BCUT2D eigenvalue weighted by Gasteiger charge is -2.36. The fourth-order valence-corrected chi connectivity index (χ4v) is 5.84. The fourth-order valence-electron chi connectivity index (χ4n) is 5.00. The first-order valence-corrected chi connectivity index (χ1v) is 14.7. The molecular formula is C33H32FN3O5S. The molecule has 0 aromatic heterocycles.